The number of piperidine rings is 2. The van der Waals surface area contributed by atoms with Crippen LogP contribution >= 0.6 is 0 Å². The average molecular weight is 500 g/mol. The summed E-state index contributed by atoms with van der Waals surface area (Å²) in [5, 5.41) is 11.9. The van der Waals surface area contributed by atoms with Crippen LogP contribution in [-0.2, 0) is 14.4 Å². The summed E-state index contributed by atoms with van der Waals surface area (Å²) >= 11 is 0. The number of carboxylic acid groups (broad SMARTS) is 1. The van der Waals surface area contributed by atoms with Gasteiger partial charge in [-0.25, -0.2) is 0 Å². The van der Waals surface area contributed by atoms with Crippen molar-refractivity contribution >= 4 is 17.8 Å². The molecule has 3 fully saturated rings. The second kappa shape index (κ2) is 12.1. The third-order valence-corrected chi connectivity index (χ3v) is 8.60. The molecule has 0 saturated carbocycles. The standard InChI is InChI=1S/C27H41N5O4/c1-30-23(33)19-22(25(30)21-5-2-11-28-20-21)26(36)29-12-4-14-32-17-9-27(10-18-32)7-15-31(16-8-27)13-3-6-24(34)35/h2,5,11,20,22,25H,3-4,6-10,12-19H2,1H3,(H,29,36)(H,34,35)/t22-,25+/m0/s1. The number of pyridine rings is 1. The van der Waals surface area contributed by atoms with E-state index in [1.54, 1.807) is 24.3 Å². The van der Waals surface area contributed by atoms with Gasteiger partial charge >= 0.3 is 5.97 Å². The highest BCUT2D eigenvalue weighted by Gasteiger charge is 2.42. The van der Waals surface area contributed by atoms with Crippen molar-refractivity contribution < 1.29 is 19.5 Å². The van der Waals surface area contributed by atoms with Crippen molar-refractivity contribution in [3.63, 3.8) is 0 Å². The molecule has 0 radical (unpaired) electrons. The fourth-order valence-corrected chi connectivity index (χ4v) is 6.21. The molecule has 198 valence electrons. The lowest BCUT2D eigenvalue weighted by atomic mass is 9.71. The van der Waals surface area contributed by atoms with Gasteiger partial charge in [0.25, 0.3) is 0 Å². The van der Waals surface area contributed by atoms with Gasteiger partial charge in [-0.2, -0.15) is 0 Å². The highest BCUT2D eigenvalue weighted by Crippen LogP contribution is 2.41. The van der Waals surface area contributed by atoms with E-state index < -0.39 is 5.97 Å². The molecule has 2 N–H and O–H groups in total. The van der Waals surface area contributed by atoms with Gasteiger partial charge in [-0.1, -0.05) is 6.07 Å². The van der Waals surface area contributed by atoms with Crippen molar-refractivity contribution in [1.82, 2.24) is 25.0 Å². The number of carbonyl (C=O) groups is 3. The molecule has 2 amide bonds. The lowest BCUT2D eigenvalue weighted by Gasteiger charge is -2.47. The van der Waals surface area contributed by atoms with Gasteiger partial charge in [0.2, 0.25) is 11.8 Å². The summed E-state index contributed by atoms with van der Waals surface area (Å²) in [6.07, 6.45) is 10.5. The Morgan fingerprint density at radius 2 is 1.72 bits per heavy atom. The van der Waals surface area contributed by atoms with E-state index in [-0.39, 0.29) is 36.6 Å². The molecular formula is C27H41N5O4. The molecule has 0 aliphatic carbocycles. The Bertz CT molecular complexity index is 893. The van der Waals surface area contributed by atoms with Crippen molar-refractivity contribution in [3.05, 3.63) is 30.1 Å². The van der Waals surface area contributed by atoms with Crippen molar-refractivity contribution in [2.45, 2.75) is 57.4 Å². The van der Waals surface area contributed by atoms with Crippen molar-refractivity contribution in [1.29, 1.82) is 0 Å². The Kier molecular flexibility index (Phi) is 8.95. The van der Waals surface area contributed by atoms with Gasteiger partial charge in [-0.05, 0) is 94.8 Å². The summed E-state index contributed by atoms with van der Waals surface area (Å²) < 4.78 is 0. The van der Waals surface area contributed by atoms with Crippen LogP contribution in [0.3, 0.4) is 0 Å². The van der Waals surface area contributed by atoms with E-state index in [1.807, 2.05) is 12.1 Å². The maximum atomic E-state index is 12.9. The molecule has 9 nitrogen and oxygen atoms in total. The third-order valence-electron chi connectivity index (χ3n) is 8.60. The fraction of sp³-hybridized carbons (Fsp3) is 0.704. The number of nitrogens with one attached hydrogen (secondary N) is 1. The smallest absolute Gasteiger partial charge is 0.303 e. The number of hydrogen-bond donors (Lipinski definition) is 2. The SMILES string of the molecule is CN1C(=O)C[C@H](C(=O)NCCCN2CCC3(CC2)CCN(CCCC(=O)O)CC3)[C@H]1c1cccnc1. The number of carboxylic acids is 1. The van der Waals surface area contributed by atoms with Gasteiger partial charge in [0.15, 0.2) is 0 Å². The van der Waals surface area contributed by atoms with Crippen LogP contribution in [0.4, 0.5) is 0 Å². The summed E-state index contributed by atoms with van der Waals surface area (Å²) in [7, 11) is 1.76. The minimum absolute atomic E-state index is 0.00246. The largest absolute Gasteiger partial charge is 0.481 e. The second-order valence-corrected chi connectivity index (χ2v) is 10.9. The Hall–Kier alpha value is -2.52. The van der Waals surface area contributed by atoms with Crippen LogP contribution in [0.15, 0.2) is 24.5 Å². The molecule has 3 aliphatic heterocycles. The molecule has 0 aromatic carbocycles. The zero-order chi connectivity index (χ0) is 25.5. The lowest BCUT2D eigenvalue weighted by molar-refractivity contribution is -0.137. The van der Waals surface area contributed by atoms with Crippen LogP contribution in [0, 0.1) is 11.3 Å². The highest BCUT2D eigenvalue weighted by molar-refractivity contribution is 5.90. The molecule has 3 aliphatic rings. The number of rotatable bonds is 10. The predicted octanol–water partition coefficient (Wildman–Crippen LogP) is 2.15. The highest BCUT2D eigenvalue weighted by atomic mass is 16.4. The Morgan fingerprint density at radius 3 is 2.31 bits per heavy atom. The van der Waals surface area contributed by atoms with Gasteiger partial charge in [0.05, 0.1) is 12.0 Å². The number of aliphatic carboxylic acids is 1. The zero-order valence-corrected chi connectivity index (χ0v) is 21.5. The molecule has 2 atom stereocenters. The molecule has 0 unspecified atom stereocenters. The average Bonchev–Trinajstić information content (AvgIpc) is 3.18. The molecule has 4 heterocycles. The predicted molar refractivity (Wildman–Crippen MR) is 136 cm³/mol. The molecular weight excluding hydrogens is 458 g/mol. The van der Waals surface area contributed by atoms with E-state index in [9.17, 15) is 14.4 Å². The molecule has 1 aromatic rings. The third kappa shape index (κ3) is 6.62. The molecule has 3 saturated heterocycles. The Labute approximate surface area is 214 Å². The summed E-state index contributed by atoms with van der Waals surface area (Å²) in [6, 6.07) is 3.52. The quantitative estimate of drug-likeness (QED) is 0.475. The summed E-state index contributed by atoms with van der Waals surface area (Å²) in [4.78, 5) is 46.8. The van der Waals surface area contributed by atoms with Crippen LogP contribution < -0.4 is 5.32 Å². The van der Waals surface area contributed by atoms with Gasteiger partial charge in [-0.15, -0.1) is 0 Å². The van der Waals surface area contributed by atoms with Gasteiger partial charge in [0.1, 0.15) is 0 Å². The van der Waals surface area contributed by atoms with Crippen LogP contribution in [-0.4, -0.2) is 95.4 Å². The molecule has 0 bridgehead atoms. The van der Waals surface area contributed by atoms with Crippen LogP contribution in [0.25, 0.3) is 0 Å². The molecule has 4 rings (SSSR count). The normalized spacial score (nSPS) is 24.8. The van der Waals surface area contributed by atoms with E-state index in [0.717, 1.165) is 57.7 Å². The van der Waals surface area contributed by atoms with Crippen LogP contribution in [0.2, 0.25) is 0 Å². The first-order chi connectivity index (χ1) is 17.4. The van der Waals surface area contributed by atoms with Gasteiger partial charge in [-0.3, -0.25) is 19.4 Å². The minimum Gasteiger partial charge on any atom is -0.481 e. The second-order valence-electron chi connectivity index (χ2n) is 10.9. The Balaban J connectivity index is 1.14. The zero-order valence-electron chi connectivity index (χ0n) is 21.5. The number of nitrogens with zero attached hydrogens (tertiary/aromatic N) is 4. The van der Waals surface area contributed by atoms with Gasteiger partial charge < -0.3 is 25.1 Å². The van der Waals surface area contributed by atoms with Crippen LogP contribution in [0.5, 0.6) is 0 Å². The van der Waals surface area contributed by atoms with E-state index in [0.29, 0.717) is 12.0 Å². The summed E-state index contributed by atoms with van der Waals surface area (Å²) in [5.74, 6) is -1.13. The van der Waals surface area contributed by atoms with Crippen molar-refractivity contribution in [2.24, 2.45) is 11.3 Å². The number of aromatic nitrogens is 1. The first-order valence-electron chi connectivity index (χ1n) is 13.5. The maximum absolute atomic E-state index is 12.9. The number of amides is 2. The topological polar surface area (TPSA) is 106 Å². The summed E-state index contributed by atoms with van der Waals surface area (Å²) in [6.45, 7) is 6.90. The monoisotopic (exact) mass is 499 g/mol. The van der Waals surface area contributed by atoms with Crippen LogP contribution in [0.1, 0.15) is 63.0 Å². The van der Waals surface area contributed by atoms with E-state index in [2.05, 4.69) is 20.1 Å². The first-order valence-corrected chi connectivity index (χ1v) is 13.5. The fourth-order valence-electron chi connectivity index (χ4n) is 6.21. The number of likely N-dealkylation sites (tertiary alicyclic amines) is 3. The number of carbonyl (C=O) groups excluding carboxylic acids is 2. The lowest BCUT2D eigenvalue weighted by Crippen LogP contribution is -2.47. The van der Waals surface area contributed by atoms with Crippen molar-refractivity contribution in [3.8, 4) is 0 Å². The first kappa shape index (κ1) is 26.5. The van der Waals surface area contributed by atoms with Crippen molar-refractivity contribution in [2.75, 3.05) is 52.9 Å². The molecule has 1 spiro atoms. The van der Waals surface area contributed by atoms with E-state index in [1.165, 1.54) is 25.7 Å². The van der Waals surface area contributed by atoms with E-state index >= 15 is 0 Å². The van der Waals surface area contributed by atoms with E-state index in [4.69, 9.17) is 5.11 Å². The maximum Gasteiger partial charge on any atom is 0.303 e. The minimum atomic E-state index is -0.703. The number of hydrogen-bond acceptors (Lipinski definition) is 6. The van der Waals surface area contributed by atoms with Gasteiger partial charge in [0, 0.05) is 38.8 Å². The molecule has 9 heteroatoms. The molecule has 1 aromatic heterocycles. The Morgan fingerprint density at radius 1 is 1.08 bits per heavy atom. The summed E-state index contributed by atoms with van der Waals surface area (Å²) in [5.41, 5.74) is 1.36. The molecule has 36 heavy (non-hydrogen) atoms.